The highest BCUT2D eigenvalue weighted by Gasteiger charge is 2.37. The van der Waals surface area contributed by atoms with Crippen molar-refractivity contribution in [3.63, 3.8) is 0 Å². The summed E-state index contributed by atoms with van der Waals surface area (Å²) in [6.07, 6.45) is 1.22. The lowest BCUT2D eigenvalue weighted by Gasteiger charge is -2.19. The van der Waals surface area contributed by atoms with E-state index in [-0.39, 0.29) is 12.3 Å². The molecule has 1 heterocycles. The van der Waals surface area contributed by atoms with Crippen molar-refractivity contribution in [3.8, 4) is 5.88 Å². The Morgan fingerprint density at radius 3 is 2.54 bits per heavy atom. The number of para-hydroxylation sites is 2. The first-order valence-corrected chi connectivity index (χ1v) is 7.59. The number of benzene rings is 1. The topological polar surface area (TPSA) is 72.3 Å². The third kappa shape index (κ3) is 3.06. The molecule has 1 aliphatic rings. The number of alkyl halides is 2. The summed E-state index contributed by atoms with van der Waals surface area (Å²) in [4.78, 5) is 19.2. The highest BCUT2D eigenvalue weighted by atomic mass is 19.3. The van der Waals surface area contributed by atoms with Gasteiger partial charge in [0, 0.05) is 0 Å². The van der Waals surface area contributed by atoms with Gasteiger partial charge >= 0.3 is 11.9 Å². The zero-order chi connectivity index (χ0) is 17.3. The molecule has 0 radical (unpaired) electrons. The number of nitrogens with zero attached hydrogens (tertiary/aromatic N) is 2. The van der Waals surface area contributed by atoms with Crippen molar-refractivity contribution in [1.82, 2.24) is 9.97 Å². The number of hydrogen-bond donors (Lipinski definition) is 1. The standard InChI is InChI=1S/C17H16F2N2O3/c1-2-17(18,19)14-15(21-13-6-4-3-5-12(13)20-14)24-11-8-7-10(9-11)16(22)23/h2-6,10-11H,1,7-9H2,(H,22,23)/t10-,11-/m0/s1. The van der Waals surface area contributed by atoms with Crippen molar-refractivity contribution in [2.45, 2.75) is 31.3 Å². The molecular formula is C17H16F2N2O3. The highest BCUT2D eigenvalue weighted by molar-refractivity contribution is 5.75. The van der Waals surface area contributed by atoms with Gasteiger partial charge in [0.1, 0.15) is 6.10 Å². The van der Waals surface area contributed by atoms with E-state index < -0.39 is 29.6 Å². The van der Waals surface area contributed by atoms with Crippen LogP contribution in [0.1, 0.15) is 25.0 Å². The maximum absolute atomic E-state index is 14.2. The Morgan fingerprint density at radius 1 is 1.29 bits per heavy atom. The lowest BCUT2D eigenvalue weighted by atomic mass is 10.1. The third-order valence-corrected chi connectivity index (χ3v) is 4.12. The first-order valence-electron chi connectivity index (χ1n) is 7.59. The summed E-state index contributed by atoms with van der Waals surface area (Å²) < 4.78 is 33.9. The molecular weight excluding hydrogens is 318 g/mol. The zero-order valence-corrected chi connectivity index (χ0v) is 12.8. The van der Waals surface area contributed by atoms with Gasteiger partial charge in [0.2, 0.25) is 5.88 Å². The Morgan fingerprint density at radius 2 is 1.96 bits per heavy atom. The first kappa shape index (κ1) is 16.3. The van der Waals surface area contributed by atoms with E-state index in [9.17, 15) is 13.6 Å². The first-order chi connectivity index (χ1) is 11.4. The molecule has 24 heavy (non-hydrogen) atoms. The van der Waals surface area contributed by atoms with Gasteiger partial charge in [0.15, 0.2) is 5.69 Å². The predicted octanol–water partition coefficient (Wildman–Crippen LogP) is 3.54. The number of allylic oxidation sites excluding steroid dienone is 1. The Bertz CT molecular complexity index is 794. The normalized spacial score (nSPS) is 20.9. The van der Waals surface area contributed by atoms with Crippen LogP contribution in [0.3, 0.4) is 0 Å². The minimum Gasteiger partial charge on any atom is -0.481 e. The van der Waals surface area contributed by atoms with Crippen LogP contribution < -0.4 is 4.74 Å². The molecule has 1 aromatic carbocycles. The monoisotopic (exact) mass is 334 g/mol. The maximum Gasteiger partial charge on any atom is 0.313 e. The smallest absolute Gasteiger partial charge is 0.313 e. The van der Waals surface area contributed by atoms with Crippen LogP contribution in [-0.4, -0.2) is 27.1 Å². The molecule has 0 bridgehead atoms. The molecule has 126 valence electrons. The largest absolute Gasteiger partial charge is 0.481 e. The molecule has 0 saturated heterocycles. The molecule has 0 spiro atoms. The summed E-state index contributed by atoms with van der Waals surface area (Å²) in [7, 11) is 0. The van der Waals surface area contributed by atoms with Gasteiger partial charge < -0.3 is 9.84 Å². The summed E-state index contributed by atoms with van der Waals surface area (Å²) in [6, 6.07) is 6.65. The second kappa shape index (κ2) is 6.14. The maximum atomic E-state index is 14.2. The molecule has 3 rings (SSSR count). The highest BCUT2D eigenvalue weighted by Crippen LogP contribution is 2.37. The summed E-state index contributed by atoms with van der Waals surface area (Å²) in [5.41, 5.74) is 0.162. The van der Waals surface area contributed by atoms with E-state index in [1.807, 2.05) is 0 Å². The van der Waals surface area contributed by atoms with Gasteiger partial charge in [-0.15, -0.1) is 0 Å². The molecule has 7 heteroatoms. The van der Waals surface area contributed by atoms with E-state index in [1.165, 1.54) is 0 Å². The lowest BCUT2D eigenvalue weighted by molar-refractivity contribution is -0.141. The molecule has 0 unspecified atom stereocenters. The third-order valence-electron chi connectivity index (χ3n) is 4.12. The minimum absolute atomic E-state index is 0.267. The van der Waals surface area contributed by atoms with Crippen molar-refractivity contribution in [2.75, 3.05) is 0 Å². The lowest BCUT2D eigenvalue weighted by Crippen LogP contribution is -2.21. The van der Waals surface area contributed by atoms with Crippen molar-refractivity contribution >= 4 is 17.0 Å². The molecule has 0 aliphatic heterocycles. The molecule has 2 aromatic rings. The van der Waals surface area contributed by atoms with Crippen molar-refractivity contribution < 1.29 is 23.4 Å². The number of rotatable bonds is 5. The average molecular weight is 334 g/mol. The fraction of sp³-hybridized carbons (Fsp3) is 0.353. The molecule has 2 atom stereocenters. The number of aliphatic carboxylic acids is 1. The fourth-order valence-corrected chi connectivity index (χ4v) is 2.81. The summed E-state index contributed by atoms with van der Waals surface area (Å²) >= 11 is 0. The second-order valence-electron chi connectivity index (χ2n) is 5.78. The van der Waals surface area contributed by atoms with Crippen LogP contribution in [0.5, 0.6) is 5.88 Å². The van der Waals surface area contributed by atoms with Crippen LogP contribution in [0.25, 0.3) is 11.0 Å². The van der Waals surface area contributed by atoms with Gasteiger partial charge in [-0.25, -0.2) is 9.97 Å². The number of fused-ring (bicyclic) bond motifs is 1. The molecule has 1 saturated carbocycles. The van der Waals surface area contributed by atoms with Crippen LogP contribution >= 0.6 is 0 Å². The van der Waals surface area contributed by atoms with Gasteiger partial charge in [0.25, 0.3) is 0 Å². The van der Waals surface area contributed by atoms with E-state index in [1.54, 1.807) is 24.3 Å². The van der Waals surface area contributed by atoms with E-state index in [4.69, 9.17) is 9.84 Å². The van der Waals surface area contributed by atoms with E-state index in [0.717, 1.165) is 0 Å². The number of carboxylic acid groups (broad SMARTS) is 1. The number of hydrogen-bond acceptors (Lipinski definition) is 4. The molecule has 1 N–H and O–H groups in total. The van der Waals surface area contributed by atoms with Crippen LogP contribution in [-0.2, 0) is 10.7 Å². The quantitative estimate of drug-likeness (QED) is 0.847. The van der Waals surface area contributed by atoms with E-state index >= 15 is 0 Å². The predicted molar refractivity (Wildman–Crippen MR) is 83.0 cm³/mol. The minimum atomic E-state index is -3.39. The Labute approximate surface area is 137 Å². The number of carboxylic acids is 1. The number of ether oxygens (including phenoxy) is 1. The Hall–Kier alpha value is -2.57. The van der Waals surface area contributed by atoms with Gasteiger partial charge in [-0.2, -0.15) is 8.78 Å². The summed E-state index contributed by atoms with van der Waals surface area (Å²) in [6.45, 7) is 3.15. The van der Waals surface area contributed by atoms with E-state index in [2.05, 4.69) is 16.5 Å². The van der Waals surface area contributed by atoms with Crippen LogP contribution in [0.15, 0.2) is 36.9 Å². The van der Waals surface area contributed by atoms with Crippen LogP contribution in [0.2, 0.25) is 0 Å². The second-order valence-corrected chi connectivity index (χ2v) is 5.78. The van der Waals surface area contributed by atoms with Gasteiger partial charge in [-0.05, 0) is 37.5 Å². The van der Waals surface area contributed by atoms with Gasteiger partial charge in [-0.1, -0.05) is 18.7 Å². The summed E-state index contributed by atoms with van der Waals surface area (Å²) in [5, 5.41) is 9.04. The molecule has 1 aliphatic carbocycles. The summed E-state index contributed by atoms with van der Waals surface area (Å²) in [5.74, 6) is -5.08. The van der Waals surface area contributed by atoms with Gasteiger partial charge in [0.05, 0.1) is 17.0 Å². The molecule has 1 aromatic heterocycles. The van der Waals surface area contributed by atoms with E-state index in [0.29, 0.717) is 30.0 Å². The Balaban J connectivity index is 1.97. The SMILES string of the molecule is C=CC(F)(F)c1nc2ccccc2nc1O[C@H]1CC[C@H](C(=O)O)C1. The van der Waals surface area contributed by atoms with Gasteiger partial charge in [-0.3, -0.25) is 4.79 Å². The van der Waals surface area contributed by atoms with Crippen molar-refractivity contribution in [3.05, 3.63) is 42.6 Å². The van der Waals surface area contributed by atoms with Crippen LogP contribution in [0.4, 0.5) is 8.78 Å². The van der Waals surface area contributed by atoms with Crippen LogP contribution in [0, 0.1) is 5.92 Å². The number of aromatic nitrogens is 2. The fourth-order valence-electron chi connectivity index (χ4n) is 2.81. The average Bonchev–Trinajstić information content (AvgIpc) is 3.03. The molecule has 1 fully saturated rings. The van der Waals surface area contributed by atoms with Crippen molar-refractivity contribution in [1.29, 1.82) is 0 Å². The molecule has 5 nitrogen and oxygen atoms in total. The van der Waals surface area contributed by atoms with Crippen molar-refractivity contribution in [2.24, 2.45) is 5.92 Å². The number of halogens is 2. The number of carbonyl (C=O) groups is 1. The molecule has 0 amide bonds. The Kier molecular flexibility index (Phi) is 4.17. The zero-order valence-electron chi connectivity index (χ0n) is 12.8.